The van der Waals surface area contributed by atoms with Crippen molar-refractivity contribution in [3.8, 4) is 17.8 Å². The van der Waals surface area contributed by atoms with E-state index in [1.165, 1.54) is 6.20 Å². The van der Waals surface area contributed by atoms with Crippen LogP contribution in [0.4, 0.5) is 20.7 Å². The molecule has 5 aliphatic heterocycles. The third-order valence-corrected chi connectivity index (χ3v) is 10.7. The van der Waals surface area contributed by atoms with Gasteiger partial charge >= 0.3 is 6.09 Å². The normalized spacial score (nSPS) is 27.7. The van der Waals surface area contributed by atoms with Crippen LogP contribution in [0.5, 0.6) is 5.75 Å². The largest absolute Gasteiger partial charge is 0.485 e. The highest BCUT2D eigenvalue weighted by atomic mass is 19.1. The van der Waals surface area contributed by atoms with E-state index in [1.807, 2.05) is 42.5 Å². The highest BCUT2D eigenvalue weighted by molar-refractivity contribution is 5.71. The van der Waals surface area contributed by atoms with Crippen LogP contribution in [0.3, 0.4) is 0 Å². The monoisotopic (exact) mass is 726 g/mol. The van der Waals surface area contributed by atoms with Crippen LogP contribution >= 0.6 is 0 Å². The predicted octanol–water partition coefficient (Wildman–Crippen LogP) is 4.63. The number of anilines is 2. The Hall–Kier alpha value is -4.94. The molecule has 278 valence electrons. The summed E-state index contributed by atoms with van der Waals surface area (Å²) < 4.78 is 49.6. The van der Waals surface area contributed by atoms with Gasteiger partial charge < -0.3 is 49.7 Å². The molecule has 1 aliphatic carbocycles. The van der Waals surface area contributed by atoms with Crippen molar-refractivity contribution < 1.29 is 37.6 Å². The molecule has 3 unspecified atom stereocenters. The fourth-order valence-corrected chi connectivity index (χ4v) is 7.37. The Morgan fingerprint density at radius 3 is 2.75 bits per heavy atom. The number of amides is 1. The number of alkyl carbamates (subject to hydrolysis) is 1. The van der Waals surface area contributed by atoms with E-state index in [-0.39, 0.29) is 35.8 Å². The van der Waals surface area contributed by atoms with Gasteiger partial charge in [0.2, 0.25) is 0 Å². The summed E-state index contributed by atoms with van der Waals surface area (Å²) in [5, 5.41) is 13.0. The summed E-state index contributed by atoms with van der Waals surface area (Å²) in [7, 11) is 1.64. The van der Waals surface area contributed by atoms with Gasteiger partial charge in [0.1, 0.15) is 31.2 Å². The number of rotatable bonds is 11. The van der Waals surface area contributed by atoms with E-state index in [1.54, 1.807) is 19.3 Å². The molecular formula is C39H43FN6O7. The molecule has 53 heavy (non-hydrogen) atoms. The highest BCUT2D eigenvalue weighted by Crippen LogP contribution is 2.46. The first kappa shape index (κ1) is 35.1. The van der Waals surface area contributed by atoms with Gasteiger partial charge in [0.05, 0.1) is 48.1 Å². The number of carbonyl (C=O) groups excluding carboxylic acids is 1. The van der Waals surface area contributed by atoms with Crippen molar-refractivity contribution in [2.45, 2.75) is 87.4 Å². The minimum atomic E-state index is -0.626. The number of pyridine rings is 2. The number of aromatic nitrogens is 2. The molecule has 2 bridgehead atoms. The van der Waals surface area contributed by atoms with E-state index in [2.05, 4.69) is 38.3 Å². The standard InChI is InChI=1S/C39H43FN6O7/c1-48-34-23-51-32-9-7-26(43-36(32)46-34)19-42-38-14-16-39(17-15-38,53-24-38)13-11-27-28(40)20-41-29-8-10-33(45-35(27)29)49-18-12-31-30(22-50-31)44-37(47)52-21-25-5-3-2-4-6-25/h2-10,20,30-31,33-34,42,45H,11,13-17,19,21-24H2,1H3,(H,43,46)(H,44,47)/t30-,31?,33?,34?,38?,39?/m0/s1. The summed E-state index contributed by atoms with van der Waals surface area (Å²) in [6, 6.07) is 13.0. The summed E-state index contributed by atoms with van der Waals surface area (Å²) in [5.41, 5.74) is 3.16. The molecule has 7 heterocycles. The number of hydrogen-bond donors (Lipinski definition) is 4. The molecule has 0 radical (unpaired) electrons. The SMILES string of the molecule is COC1COc2ccc(CNC34CCC(CCc5c(F)cnc6c5NC(OC#CC5OC[C@@H]5NC(=O)OCc5ccccc5)C=C6)(CC3)OC4)nc2N1. The van der Waals surface area contributed by atoms with E-state index in [4.69, 9.17) is 33.4 Å². The molecule has 2 aromatic heterocycles. The fraction of sp³-hybridized carbons (Fsp3) is 0.462. The number of hydrogen-bond acceptors (Lipinski definition) is 12. The Kier molecular flexibility index (Phi) is 10.1. The van der Waals surface area contributed by atoms with E-state index in [0.717, 1.165) is 42.7 Å². The minimum absolute atomic E-state index is 0.121. The first-order valence-electron chi connectivity index (χ1n) is 18.1. The van der Waals surface area contributed by atoms with E-state index < -0.39 is 18.4 Å². The van der Waals surface area contributed by atoms with Crippen LogP contribution in [-0.4, -0.2) is 78.7 Å². The Morgan fingerprint density at radius 1 is 1.11 bits per heavy atom. The van der Waals surface area contributed by atoms with Crippen LogP contribution in [0, 0.1) is 17.8 Å². The van der Waals surface area contributed by atoms with Gasteiger partial charge in [-0.3, -0.25) is 4.98 Å². The molecule has 0 spiro atoms. The number of carbonyl (C=O) groups is 1. The van der Waals surface area contributed by atoms with Gasteiger partial charge in [0.15, 0.2) is 24.0 Å². The fourth-order valence-electron chi connectivity index (χ4n) is 7.37. The molecule has 4 fully saturated rings. The Morgan fingerprint density at radius 2 is 1.98 bits per heavy atom. The van der Waals surface area contributed by atoms with Gasteiger partial charge in [-0.15, -0.1) is 0 Å². The van der Waals surface area contributed by atoms with Crippen LogP contribution in [-0.2, 0) is 43.3 Å². The first-order chi connectivity index (χ1) is 25.9. The van der Waals surface area contributed by atoms with Crippen molar-refractivity contribution in [1.82, 2.24) is 20.6 Å². The zero-order valence-corrected chi connectivity index (χ0v) is 29.5. The van der Waals surface area contributed by atoms with Crippen LogP contribution < -0.4 is 26.0 Å². The molecule has 1 aromatic carbocycles. The molecule has 6 aliphatic rings. The second-order valence-electron chi connectivity index (χ2n) is 14.1. The number of benzene rings is 1. The lowest BCUT2D eigenvalue weighted by Gasteiger charge is -2.53. The average molecular weight is 727 g/mol. The van der Waals surface area contributed by atoms with Gasteiger partial charge in [-0.25, -0.2) is 14.2 Å². The number of fused-ring (bicyclic) bond motifs is 5. The average Bonchev–Trinajstić information content (AvgIpc) is 3.20. The molecule has 14 heteroatoms. The topological polar surface area (TPSA) is 146 Å². The molecule has 3 aromatic rings. The maximum absolute atomic E-state index is 15.3. The number of halogens is 1. The summed E-state index contributed by atoms with van der Waals surface area (Å²) in [4.78, 5) is 21.3. The maximum atomic E-state index is 15.3. The number of methoxy groups -OCH3 is 1. The van der Waals surface area contributed by atoms with Gasteiger partial charge in [0.25, 0.3) is 0 Å². The van der Waals surface area contributed by atoms with Crippen LogP contribution in [0.15, 0.2) is 54.7 Å². The van der Waals surface area contributed by atoms with Gasteiger partial charge in [-0.2, -0.15) is 0 Å². The lowest BCUT2D eigenvalue weighted by Crippen LogP contribution is -2.61. The smallest absolute Gasteiger partial charge is 0.407 e. The van der Waals surface area contributed by atoms with Crippen molar-refractivity contribution in [2.75, 3.05) is 37.6 Å². The van der Waals surface area contributed by atoms with E-state index >= 15 is 4.39 Å². The minimum Gasteiger partial charge on any atom is -0.485 e. The number of nitrogens with zero attached hydrogens (tertiary/aromatic N) is 2. The summed E-state index contributed by atoms with van der Waals surface area (Å²) in [6.45, 7) is 2.13. The molecule has 3 saturated heterocycles. The molecule has 13 nitrogen and oxygen atoms in total. The van der Waals surface area contributed by atoms with Gasteiger partial charge in [-0.1, -0.05) is 30.3 Å². The van der Waals surface area contributed by atoms with Crippen LogP contribution in [0.2, 0.25) is 0 Å². The Bertz CT molecular complexity index is 1880. The lowest BCUT2D eigenvalue weighted by atomic mass is 9.69. The zero-order valence-electron chi connectivity index (χ0n) is 29.5. The molecule has 1 amide bonds. The van der Waals surface area contributed by atoms with E-state index in [0.29, 0.717) is 62.0 Å². The zero-order chi connectivity index (χ0) is 36.3. The summed E-state index contributed by atoms with van der Waals surface area (Å²) in [5.74, 6) is 3.94. The van der Waals surface area contributed by atoms with Crippen molar-refractivity contribution >= 4 is 23.7 Å². The van der Waals surface area contributed by atoms with Crippen molar-refractivity contribution in [1.29, 1.82) is 0 Å². The maximum Gasteiger partial charge on any atom is 0.407 e. The quantitative estimate of drug-likeness (QED) is 0.205. The number of nitrogens with one attached hydrogen (secondary N) is 4. The molecule has 1 saturated carbocycles. The van der Waals surface area contributed by atoms with Crippen LogP contribution in [0.1, 0.15) is 54.6 Å². The molecular weight excluding hydrogens is 683 g/mol. The van der Waals surface area contributed by atoms with Crippen molar-refractivity contribution in [3.05, 3.63) is 83.1 Å². The van der Waals surface area contributed by atoms with Crippen molar-refractivity contribution in [3.63, 3.8) is 0 Å². The molecule has 4 atom stereocenters. The van der Waals surface area contributed by atoms with E-state index in [9.17, 15) is 4.79 Å². The molecule has 9 rings (SSSR count). The second kappa shape index (κ2) is 15.2. The van der Waals surface area contributed by atoms with Gasteiger partial charge in [0, 0.05) is 24.8 Å². The third-order valence-electron chi connectivity index (χ3n) is 10.7. The third kappa shape index (κ3) is 7.89. The first-order valence-corrected chi connectivity index (χ1v) is 18.1. The number of ether oxygens (including phenoxy) is 6. The van der Waals surface area contributed by atoms with Crippen molar-refractivity contribution in [2.24, 2.45) is 0 Å². The summed E-state index contributed by atoms with van der Waals surface area (Å²) in [6.07, 6.45) is 10.5. The van der Waals surface area contributed by atoms with Crippen LogP contribution in [0.25, 0.3) is 6.08 Å². The van der Waals surface area contributed by atoms with Gasteiger partial charge in [-0.05, 0) is 74.3 Å². The predicted molar refractivity (Wildman–Crippen MR) is 192 cm³/mol. The Balaban J connectivity index is 0.817. The second-order valence-corrected chi connectivity index (χ2v) is 14.1. The molecule has 4 N–H and O–H groups in total. The highest BCUT2D eigenvalue weighted by Gasteiger charge is 2.49. The Labute approximate surface area is 307 Å². The lowest BCUT2D eigenvalue weighted by molar-refractivity contribution is -0.165. The summed E-state index contributed by atoms with van der Waals surface area (Å²) >= 11 is 0.